The Bertz CT molecular complexity index is 1430. The summed E-state index contributed by atoms with van der Waals surface area (Å²) in [7, 11) is -9.72. The summed E-state index contributed by atoms with van der Waals surface area (Å²) in [6.45, 7) is 1.42. The zero-order valence-corrected chi connectivity index (χ0v) is 39.1. The highest BCUT2D eigenvalue weighted by molar-refractivity contribution is 7.47. The molecule has 0 spiro atoms. The third-order valence-electron chi connectivity index (χ3n) is 8.80. The lowest BCUT2D eigenvalue weighted by Crippen LogP contribution is -2.29. The van der Waals surface area contributed by atoms with E-state index in [1.54, 1.807) is 0 Å². The van der Waals surface area contributed by atoms with Gasteiger partial charge in [0.1, 0.15) is 12.7 Å². The molecule has 5 N–H and O–H groups in total. The zero-order valence-electron chi connectivity index (χ0n) is 37.3. The molecule has 62 heavy (non-hydrogen) atoms. The molecule has 0 aliphatic heterocycles. The maximum absolute atomic E-state index is 12.7. The Hall–Kier alpha value is -2.74. The van der Waals surface area contributed by atoms with E-state index in [-0.39, 0.29) is 18.9 Å². The highest BCUT2D eigenvalue weighted by atomic mass is 31.2. The van der Waals surface area contributed by atoms with Gasteiger partial charge in [-0.2, -0.15) is 0 Å². The number of carbonyl (C=O) groups excluding carboxylic acids is 2. The number of phosphoric ester groups is 2. The van der Waals surface area contributed by atoms with Crippen LogP contribution in [0.25, 0.3) is 0 Å². The summed E-state index contributed by atoms with van der Waals surface area (Å²) in [6, 6.07) is 0. The topological polar surface area (TPSA) is 216 Å². The summed E-state index contributed by atoms with van der Waals surface area (Å²) in [5.41, 5.74) is 0. The third kappa shape index (κ3) is 43.9. The molecule has 14 nitrogen and oxygen atoms in total. The largest absolute Gasteiger partial charge is 0.472 e. The number of ether oxygens (including phenoxy) is 2. The van der Waals surface area contributed by atoms with Crippen LogP contribution in [0.15, 0.2) is 85.1 Å². The minimum absolute atomic E-state index is 0.0310. The molecule has 4 atom stereocenters. The van der Waals surface area contributed by atoms with Crippen LogP contribution in [-0.2, 0) is 41.8 Å². The third-order valence-corrected chi connectivity index (χ3v) is 10.2. The molecule has 0 bridgehead atoms. The van der Waals surface area contributed by atoms with Crippen LogP contribution in [-0.4, -0.2) is 81.6 Å². The van der Waals surface area contributed by atoms with Gasteiger partial charge >= 0.3 is 27.6 Å². The first-order chi connectivity index (χ1) is 29.8. The number of allylic oxidation sites excluding steroid dienone is 13. The van der Waals surface area contributed by atoms with Gasteiger partial charge in [-0.3, -0.25) is 23.2 Å². The van der Waals surface area contributed by atoms with Crippen LogP contribution in [0.3, 0.4) is 0 Å². The van der Waals surface area contributed by atoms with E-state index in [1.165, 1.54) is 19.3 Å². The van der Waals surface area contributed by atoms with Crippen molar-refractivity contribution in [3.63, 3.8) is 0 Å². The van der Waals surface area contributed by atoms with E-state index >= 15 is 0 Å². The van der Waals surface area contributed by atoms with Gasteiger partial charge in [0.25, 0.3) is 0 Å². The van der Waals surface area contributed by atoms with Crippen molar-refractivity contribution in [2.45, 2.75) is 167 Å². The van der Waals surface area contributed by atoms with Crippen LogP contribution in [0.1, 0.15) is 149 Å². The Kier molecular flexibility index (Phi) is 39.2. The smallest absolute Gasteiger partial charge is 0.462 e. The van der Waals surface area contributed by atoms with Crippen molar-refractivity contribution >= 4 is 27.6 Å². The molecule has 2 unspecified atom stereocenters. The van der Waals surface area contributed by atoms with Gasteiger partial charge in [-0.1, -0.05) is 131 Å². The fourth-order valence-electron chi connectivity index (χ4n) is 5.42. The second-order valence-corrected chi connectivity index (χ2v) is 17.5. The van der Waals surface area contributed by atoms with Crippen molar-refractivity contribution < 1.29 is 66.7 Å². The number of hydrogen-bond acceptors (Lipinski definition) is 11. The molecule has 0 aliphatic rings. The molecule has 0 aromatic heterocycles. The summed E-state index contributed by atoms with van der Waals surface area (Å²) < 4.78 is 47.7. The van der Waals surface area contributed by atoms with Crippen molar-refractivity contribution in [2.75, 3.05) is 26.4 Å². The summed E-state index contributed by atoms with van der Waals surface area (Å²) in [5, 5.41) is 19.5. The molecule has 0 aromatic carbocycles. The summed E-state index contributed by atoms with van der Waals surface area (Å²) in [4.78, 5) is 52.7. The molecule has 0 saturated heterocycles. The number of hydrogen-bond donors (Lipinski definition) is 5. The molecule has 0 aliphatic carbocycles. The quantitative estimate of drug-likeness (QED) is 0.0167. The molecule has 0 rings (SSSR count). The number of aliphatic hydroxyl groups is 2. The summed E-state index contributed by atoms with van der Waals surface area (Å²) in [6.07, 6.45) is 43.5. The maximum atomic E-state index is 12.7. The SMILES string of the molecule is CCCCC/C=C\C/C=C\C/C=C\CCCCCCC(=O)OC[C@H](COP(=O)(O)OC[C@@H](O)COP(=O)(O)O)OC(=O)CCC/C=C\C/C=C\C/C=C\C/C=C\CC(O)CCC. The fourth-order valence-corrected chi connectivity index (χ4v) is 6.58. The average molecular weight is 917 g/mol. The monoisotopic (exact) mass is 916 g/mol. The van der Waals surface area contributed by atoms with Crippen LogP contribution in [0, 0.1) is 0 Å². The number of aliphatic hydroxyl groups excluding tert-OH is 2. The Balaban J connectivity index is 4.68. The van der Waals surface area contributed by atoms with Crippen molar-refractivity contribution in [2.24, 2.45) is 0 Å². The molecular weight excluding hydrogens is 838 g/mol. The van der Waals surface area contributed by atoms with E-state index in [9.17, 15) is 33.8 Å². The minimum Gasteiger partial charge on any atom is -0.462 e. The Morgan fingerprint density at radius 1 is 0.500 bits per heavy atom. The second-order valence-electron chi connectivity index (χ2n) is 14.8. The van der Waals surface area contributed by atoms with Crippen molar-refractivity contribution in [3.8, 4) is 0 Å². The predicted molar refractivity (Wildman–Crippen MR) is 245 cm³/mol. The van der Waals surface area contributed by atoms with Crippen molar-refractivity contribution in [1.82, 2.24) is 0 Å². The minimum atomic E-state index is -4.88. The van der Waals surface area contributed by atoms with Gasteiger partial charge in [-0.05, 0) is 89.9 Å². The fraction of sp³-hybridized carbons (Fsp3) is 0.652. The first-order valence-corrected chi connectivity index (χ1v) is 25.4. The Labute approximate surface area is 371 Å². The predicted octanol–water partition coefficient (Wildman–Crippen LogP) is 10.5. The molecule has 0 aromatic rings. The van der Waals surface area contributed by atoms with E-state index in [4.69, 9.17) is 23.8 Å². The number of esters is 2. The molecule has 0 fully saturated rings. The molecule has 0 amide bonds. The second kappa shape index (κ2) is 41.0. The van der Waals surface area contributed by atoms with Gasteiger partial charge in [0.05, 0.1) is 25.9 Å². The molecule has 356 valence electrons. The molecule has 0 heterocycles. The lowest BCUT2D eigenvalue weighted by molar-refractivity contribution is -0.161. The highest BCUT2D eigenvalue weighted by Crippen LogP contribution is 2.43. The zero-order chi connectivity index (χ0) is 46.0. The first kappa shape index (κ1) is 59.3. The van der Waals surface area contributed by atoms with E-state index in [2.05, 4.69) is 83.7 Å². The Morgan fingerprint density at radius 2 is 0.968 bits per heavy atom. The van der Waals surface area contributed by atoms with Gasteiger partial charge in [-0.25, -0.2) is 9.13 Å². The van der Waals surface area contributed by atoms with Crippen LogP contribution >= 0.6 is 15.6 Å². The van der Waals surface area contributed by atoms with Crippen molar-refractivity contribution in [3.05, 3.63) is 85.1 Å². The van der Waals surface area contributed by atoms with Gasteiger partial charge in [0, 0.05) is 12.8 Å². The lowest BCUT2D eigenvalue weighted by Gasteiger charge is -2.20. The van der Waals surface area contributed by atoms with Crippen LogP contribution in [0.2, 0.25) is 0 Å². The number of unbranched alkanes of at least 4 members (excludes halogenated alkanes) is 8. The normalized spacial score (nSPS) is 15.3. The average Bonchev–Trinajstić information content (AvgIpc) is 3.22. The summed E-state index contributed by atoms with van der Waals surface area (Å²) in [5.74, 6) is -1.15. The molecule has 0 radical (unpaired) electrons. The van der Waals surface area contributed by atoms with Gasteiger partial charge < -0.3 is 34.4 Å². The lowest BCUT2D eigenvalue weighted by atomic mass is 10.1. The van der Waals surface area contributed by atoms with Gasteiger partial charge in [0.15, 0.2) is 6.10 Å². The standard InChI is InChI=1S/C46H78O14P2/c1-3-5-6-7-8-9-10-11-12-13-14-17-20-23-26-29-32-36-45(49)56-40-44(41-59-62(54,55)58-39-43(48)38-57-61(51,52)53)60-46(50)37-33-30-27-24-21-18-15-16-19-22-25-28-31-35-42(47)34-4-2/h8-9,11-12,14-15,17-19,22,24,27-28,31,42-44,47-48H,3-7,10,13,16,20-21,23,25-26,29-30,32-41H2,1-2H3,(H,54,55)(H2,51,52,53)/b9-8-,12-11-,17-14-,18-15-,22-19-,27-24-,31-28-/t42?,43-,44+/m0/s1. The van der Waals surface area contributed by atoms with E-state index < -0.39 is 66.2 Å². The molecule has 16 heteroatoms. The maximum Gasteiger partial charge on any atom is 0.472 e. The van der Waals surface area contributed by atoms with Crippen LogP contribution in [0.4, 0.5) is 0 Å². The van der Waals surface area contributed by atoms with Gasteiger partial charge in [0.2, 0.25) is 0 Å². The number of rotatable bonds is 41. The first-order valence-electron chi connectivity index (χ1n) is 22.4. The van der Waals surface area contributed by atoms with E-state index in [1.807, 2.05) is 24.3 Å². The van der Waals surface area contributed by atoms with E-state index in [0.29, 0.717) is 25.7 Å². The van der Waals surface area contributed by atoms with Crippen LogP contribution < -0.4 is 0 Å². The van der Waals surface area contributed by atoms with Crippen LogP contribution in [0.5, 0.6) is 0 Å². The Morgan fingerprint density at radius 3 is 1.52 bits per heavy atom. The summed E-state index contributed by atoms with van der Waals surface area (Å²) >= 11 is 0. The number of phosphoric acid groups is 2. The number of carbonyl (C=O) groups is 2. The highest BCUT2D eigenvalue weighted by Gasteiger charge is 2.28. The molecular formula is C46H78O14P2. The van der Waals surface area contributed by atoms with E-state index in [0.717, 1.165) is 77.0 Å². The molecule has 0 saturated carbocycles. The van der Waals surface area contributed by atoms with Gasteiger partial charge in [-0.15, -0.1) is 0 Å². The van der Waals surface area contributed by atoms with Crippen molar-refractivity contribution in [1.29, 1.82) is 0 Å².